The van der Waals surface area contributed by atoms with E-state index in [1.165, 1.54) is 19.1 Å². The second-order valence-corrected chi connectivity index (χ2v) is 8.53. The van der Waals surface area contributed by atoms with Crippen molar-refractivity contribution in [3.8, 4) is 11.3 Å². The van der Waals surface area contributed by atoms with Crippen LogP contribution in [0.1, 0.15) is 38.3 Å². The molecule has 8 heteroatoms. The van der Waals surface area contributed by atoms with E-state index in [1.54, 1.807) is 28.1 Å². The number of pyridine rings is 1. The number of anilines is 2. The first-order valence-corrected chi connectivity index (χ1v) is 10.8. The number of halogens is 1. The van der Waals surface area contributed by atoms with Gasteiger partial charge in [0, 0.05) is 25.2 Å². The van der Waals surface area contributed by atoms with E-state index < -0.39 is 0 Å². The van der Waals surface area contributed by atoms with Crippen LogP contribution in [0.25, 0.3) is 11.3 Å². The molecule has 1 saturated carbocycles. The first kappa shape index (κ1) is 20.4. The van der Waals surface area contributed by atoms with Crippen molar-refractivity contribution in [2.45, 2.75) is 45.2 Å². The SMILES string of the molecule is CC(=O)N1c2ccc(-c3cnn(C4CC4)c3)nc2N(C(=O)Cc2ccc(F)cc2)C[C@@H]1C. The van der Waals surface area contributed by atoms with Crippen LogP contribution in [0.3, 0.4) is 0 Å². The minimum Gasteiger partial charge on any atom is -0.305 e. The van der Waals surface area contributed by atoms with Crippen molar-refractivity contribution < 1.29 is 14.0 Å². The molecule has 2 aliphatic rings. The van der Waals surface area contributed by atoms with Crippen LogP contribution >= 0.6 is 0 Å². The Labute approximate surface area is 185 Å². The molecule has 0 bridgehead atoms. The second-order valence-electron chi connectivity index (χ2n) is 8.53. The number of hydrogen-bond donors (Lipinski definition) is 0. The molecule has 2 aromatic heterocycles. The molecule has 0 N–H and O–H groups in total. The molecule has 0 spiro atoms. The normalized spacial score (nSPS) is 17.9. The molecule has 0 unspecified atom stereocenters. The van der Waals surface area contributed by atoms with Gasteiger partial charge in [0.15, 0.2) is 5.82 Å². The number of amides is 2. The summed E-state index contributed by atoms with van der Waals surface area (Å²) in [5.41, 5.74) is 2.91. The van der Waals surface area contributed by atoms with Crippen LogP contribution in [-0.4, -0.2) is 39.2 Å². The number of carbonyl (C=O) groups is 2. The highest BCUT2D eigenvalue weighted by Gasteiger charge is 2.35. The van der Waals surface area contributed by atoms with Gasteiger partial charge in [0.2, 0.25) is 11.8 Å². The Morgan fingerprint density at radius 1 is 1.12 bits per heavy atom. The van der Waals surface area contributed by atoms with Crippen molar-refractivity contribution in [3.63, 3.8) is 0 Å². The Morgan fingerprint density at radius 3 is 2.56 bits per heavy atom. The van der Waals surface area contributed by atoms with E-state index in [-0.39, 0.29) is 30.1 Å². The average molecular weight is 433 g/mol. The average Bonchev–Trinajstić information content (AvgIpc) is 3.50. The summed E-state index contributed by atoms with van der Waals surface area (Å²) < 4.78 is 15.2. The summed E-state index contributed by atoms with van der Waals surface area (Å²) in [6, 6.07) is 9.90. The number of nitrogens with zero attached hydrogens (tertiary/aromatic N) is 5. The lowest BCUT2D eigenvalue weighted by molar-refractivity contribution is -0.119. The van der Waals surface area contributed by atoms with Gasteiger partial charge in [-0.05, 0) is 49.6 Å². The Hall–Kier alpha value is -3.55. The second kappa shape index (κ2) is 7.85. The Bertz CT molecular complexity index is 1190. The monoisotopic (exact) mass is 433 g/mol. The van der Waals surface area contributed by atoms with E-state index in [4.69, 9.17) is 4.98 Å². The zero-order valence-electron chi connectivity index (χ0n) is 18.0. The molecule has 32 heavy (non-hydrogen) atoms. The largest absolute Gasteiger partial charge is 0.305 e. The van der Waals surface area contributed by atoms with Crippen molar-refractivity contribution >= 4 is 23.3 Å². The third-order valence-electron chi connectivity index (χ3n) is 5.98. The first-order valence-electron chi connectivity index (χ1n) is 10.8. The quantitative estimate of drug-likeness (QED) is 0.628. The minimum atomic E-state index is -0.340. The summed E-state index contributed by atoms with van der Waals surface area (Å²) in [7, 11) is 0. The molecule has 2 amide bonds. The zero-order valence-corrected chi connectivity index (χ0v) is 18.0. The van der Waals surface area contributed by atoms with E-state index in [1.807, 2.05) is 29.9 Å². The van der Waals surface area contributed by atoms with Gasteiger partial charge in [-0.1, -0.05) is 12.1 Å². The molecule has 3 heterocycles. The molecule has 7 nitrogen and oxygen atoms in total. The third-order valence-corrected chi connectivity index (χ3v) is 5.98. The fourth-order valence-corrected chi connectivity index (χ4v) is 4.24. The number of benzene rings is 1. The van der Waals surface area contributed by atoms with E-state index in [2.05, 4.69) is 5.10 Å². The summed E-state index contributed by atoms with van der Waals surface area (Å²) in [5.74, 6) is -0.123. The highest BCUT2D eigenvalue weighted by Crippen LogP contribution is 2.38. The zero-order chi connectivity index (χ0) is 22.4. The van der Waals surface area contributed by atoms with Crippen molar-refractivity contribution in [2.24, 2.45) is 0 Å². The molecule has 1 atom stereocenters. The van der Waals surface area contributed by atoms with Crippen LogP contribution in [0, 0.1) is 5.82 Å². The minimum absolute atomic E-state index is 0.0968. The maximum Gasteiger partial charge on any atom is 0.232 e. The Balaban J connectivity index is 1.51. The molecule has 1 fully saturated rings. The van der Waals surface area contributed by atoms with E-state index >= 15 is 0 Å². The number of hydrogen-bond acceptors (Lipinski definition) is 4. The van der Waals surface area contributed by atoms with Gasteiger partial charge in [-0.25, -0.2) is 9.37 Å². The van der Waals surface area contributed by atoms with Gasteiger partial charge in [-0.2, -0.15) is 5.10 Å². The summed E-state index contributed by atoms with van der Waals surface area (Å²) in [5, 5.41) is 4.44. The predicted molar refractivity (Wildman–Crippen MR) is 119 cm³/mol. The summed E-state index contributed by atoms with van der Waals surface area (Å²) in [6.45, 7) is 3.77. The van der Waals surface area contributed by atoms with E-state index in [0.29, 0.717) is 29.8 Å². The van der Waals surface area contributed by atoms with Gasteiger partial charge >= 0.3 is 0 Å². The van der Waals surface area contributed by atoms with Gasteiger partial charge in [-0.15, -0.1) is 0 Å². The molecule has 3 aromatic rings. The van der Waals surface area contributed by atoms with Crippen LogP contribution in [-0.2, 0) is 16.0 Å². The molecule has 0 saturated heterocycles. The van der Waals surface area contributed by atoms with E-state index in [0.717, 1.165) is 24.0 Å². The van der Waals surface area contributed by atoms with Gasteiger partial charge < -0.3 is 4.90 Å². The lowest BCUT2D eigenvalue weighted by Crippen LogP contribution is -2.52. The molecule has 1 aliphatic carbocycles. The predicted octanol–water partition coefficient (Wildman–Crippen LogP) is 3.75. The van der Waals surface area contributed by atoms with Gasteiger partial charge in [0.1, 0.15) is 5.82 Å². The fraction of sp³-hybridized carbons (Fsp3) is 0.333. The molecule has 164 valence electrons. The van der Waals surface area contributed by atoms with Crippen molar-refractivity contribution in [1.82, 2.24) is 14.8 Å². The van der Waals surface area contributed by atoms with Gasteiger partial charge in [-0.3, -0.25) is 19.2 Å². The standard InChI is InChI=1S/C24H24FN5O2/c1-15-13-28(23(32)11-17-3-5-19(25)6-4-17)24-22(30(15)16(2)31)10-9-21(27-24)18-12-26-29(14-18)20-7-8-20/h3-6,9-10,12,14-15,20H,7-8,11,13H2,1-2H3/t15-/m0/s1. The van der Waals surface area contributed by atoms with Crippen LogP contribution < -0.4 is 9.80 Å². The topological polar surface area (TPSA) is 71.3 Å². The maximum absolute atomic E-state index is 13.3. The maximum atomic E-state index is 13.3. The number of fused-ring (bicyclic) bond motifs is 1. The Kier molecular flexibility index (Phi) is 5.00. The molecule has 0 radical (unpaired) electrons. The smallest absolute Gasteiger partial charge is 0.232 e. The number of aromatic nitrogens is 3. The summed E-state index contributed by atoms with van der Waals surface area (Å²) >= 11 is 0. The lowest BCUT2D eigenvalue weighted by Gasteiger charge is -2.40. The first-order chi connectivity index (χ1) is 15.4. The lowest BCUT2D eigenvalue weighted by atomic mass is 10.1. The molecular formula is C24H24FN5O2. The van der Waals surface area contributed by atoms with Gasteiger partial charge in [0.25, 0.3) is 0 Å². The highest BCUT2D eigenvalue weighted by molar-refractivity contribution is 6.03. The summed E-state index contributed by atoms with van der Waals surface area (Å²) in [6.07, 6.45) is 6.15. The van der Waals surface area contributed by atoms with E-state index in [9.17, 15) is 14.0 Å². The van der Waals surface area contributed by atoms with Crippen LogP contribution in [0.15, 0.2) is 48.8 Å². The van der Waals surface area contributed by atoms with Crippen LogP contribution in [0.2, 0.25) is 0 Å². The van der Waals surface area contributed by atoms with Crippen LogP contribution in [0.4, 0.5) is 15.9 Å². The molecule has 1 aliphatic heterocycles. The van der Waals surface area contributed by atoms with Crippen molar-refractivity contribution in [3.05, 3.63) is 60.2 Å². The Morgan fingerprint density at radius 2 is 1.88 bits per heavy atom. The third kappa shape index (κ3) is 3.77. The fourth-order valence-electron chi connectivity index (χ4n) is 4.24. The van der Waals surface area contributed by atoms with Crippen molar-refractivity contribution in [2.75, 3.05) is 16.3 Å². The molecule has 1 aromatic carbocycles. The van der Waals surface area contributed by atoms with Crippen molar-refractivity contribution in [1.29, 1.82) is 0 Å². The van der Waals surface area contributed by atoms with Gasteiger partial charge in [0.05, 0.1) is 36.1 Å². The number of rotatable bonds is 4. The summed E-state index contributed by atoms with van der Waals surface area (Å²) in [4.78, 5) is 33.7. The van der Waals surface area contributed by atoms with Crippen LogP contribution in [0.5, 0.6) is 0 Å². The number of carbonyl (C=O) groups excluding carboxylic acids is 2. The highest BCUT2D eigenvalue weighted by atomic mass is 19.1. The molecular weight excluding hydrogens is 409 g/mol. The molecule has 5 rings (SSSR count).